The van der Waals surface area contributed by atoms with Crippen molar-refractivity contribution in [2.75, 3.05) is 6.61 Å². The van der Waals surface area contributed by atoms with Crippen molar-refractivity contribution in [3.63, 3.8) is 0 Å². The number of H-pyrrole nitrogens is 1. The maximum absolute atomic E-state index is 12.6. The molecular formula is C21H19NO3. The molecule has 0 atom stereocenters. The van der Waals surface area contributed by atoms with E-state index in [1.807, 2.05) is 67.6 Å². The van der Waals surface area contributed by atoms with Crippen LogP contribution in [0.4, 0.5) is 0 Å². The number of aryl methyl sites for hydroxylation is 1. The number of benzene rings is 2. The number of rotatable bonds is 4. The van der Waals surface area contributed by atoms with E-state index in [0.717, 1.165) is 16.7 Å². The number of pyridine rings is 1. The molecule has 0 aliphatic rings. The van der Waals surface area contributed by atoms with Crippen molar-refractivity contribution in [2.45, 2.75) is 13.8 Å². The highest BCUT2D eigenvalue weighted by atomic mass is 16.5. The van der Waals surface area contributed by atoms with Crippen LogP contribution >= 0.6 is 0 Å². The van der Waals surface area contributed by atoms with Crippen molar-refractivity contribution in [3.8, 4) is 22.4 Å². The minimum Gasteiger partial charge on any atom is -0.462 e. The summed E-state index contributed by atoms with van der Waals surface area (Å²) < 4.78 is 5.07. The minimum atomic E-state index is -0.613. The molecule has 1 aromatic heterocycles. The maximum atomic E-state index is 12.6. The van der Waals surface area contributed by atoms with Gasteiger partial charge in [0.2, 0.25) is 0 Å². The molecule has 0 aliphatic heterocycles. The van der Waals surface area contributed by atoms with Gasteiger partial charge in [0.05, 0.1) is 6.61 Å². The fraction of sp³-hybridized carbons (Fsp3) is 0.143. The van der Waals surface area contributed by atoms with Gasteiger partial charge < -0.3 is 9.72 Å². The number of aromatic nitrogens is 1. The first-order chi connectivity index (χ1) is 12.1. The molecule has 0 saturated heterocycles. The fourth-order valence-electron chi connectivity index (χ4n) is 2.70. The van der Waals surface area contributed by atoms with Crippen LogP contribution in [0, 0.1) is 6.92 Å². The second-order valence-corrected chi connectivity index (χ2v) is 5.75. The van der Waals surface area contributed by atoms with Crippen LogP contribution < -0.4 is 5.56 Å². The summed E-state index contributed by atoms with van der Waals surface area (Å²) in [5, 5.41) is 0. The number of hydrogen-bond acceptors (Lipinski definition) is 3. The van der Waals surface area contributed by atoms with Crippen LogP contribution in [0.3, 0.4) is 0 Å². The predicted octanol–water partition coefficient (Wildman–Crippen LogP) is 4.19. The van der Waals surface area contributed by atoms with E-state index in [2.05, 4.69) is 4.98 Å². The van der Waals surface area contributed by atoms with Gasteiger partial charge in [-0.3, -0.25) is 4.79 Å². The fourth-order valence-corrected chi connectivity index (χ4v) is 2.70. The third kappa shape index (κ3) is 3.53. The van der Waals surface area contributed by atoms with Crippen LogP contribution in [0.1, 0.15) is 22.8 Å². The van der Waals surface area contributed by atoms with Crippen molar-refractivity contribution in [3.05, 3.63) is 82.1 Å². The Morgan fingerprint density at radius 3 is 2.32 bits per heavy atom. The molecule has 2 aromatic carbocycles. The largest absolute Gasteiger partial charge is 0.462 e. The Bertz CT molecular complexity index is 941. The van der Waals surface area contributed by atoms with E-state index in [1.54, 1.807) is 6.92 Å². The first kappa shape index (κ1) is 16.7. The number of hydrogen-bond donors (Lipinski definition) is 1. The lowest BCUT2D eigenvalue weighted by Gasteiger charge is -2.11. The molecule has 0 aliphatic carbocycles. The van der Waals surface area contributed by atoms with Crippen molar-refractivity contribution in [2.24, 2.45) is 0 Å². The van der Waals surface area contributed by atoms with Gasteiger partial charge in [0.1, 0.15) is 5.56 Å². The molecule has 0 radical (unpaired) electrons. The molecule has 0 fully saturated rings. The van der Waals surface area contributed by atoms with Gasteiger partial charge in [-0.25, -0.2) is 4.79 Å². The average molecular weight is 333 g/mol. The molecule has 3 rings (SSSR count). The average Bonchev–Trinajstić information content (AvgIpc) is 2.62. The molecule has 1 N–H and O–H groups in total. The highest BCUT2D eigenvalue weighted by molar-refractivity contribution is 5.97. The Morgan fingerprint density at radius 1 is 1.00 bits per heavy atom. The highest BCUT2D eigenvalue weighted by Gasteiger charge is 2.20. The van der Waals surface area contributed by atoms with E-state index in [1.165, 1.54) is 0 Å². The molecule has 0 bridgehead atoms. The number of carbonyl (C=O) groups is 1. The highest BCUT2D eigenvalue weighted by Crippen LogP contribution is 2.26. The number of nitrogens with one attached hydrogen (secondary N) is 1. The molecule has 0 saturated carbocycles. The molecule has 0 unspecified atom stereocenters. The molecular weight excluding hydrogens is 314 g/mol. The van der Waals surface area contributed by atoms with Gasteiger partial charge in [-0.05, 0) is 31.0 Å². The Hall–Kier alpha value is -3.14. The van der Waals surface area contributed by atoms with E-state index in [4.69, 9.17) is 4.74 Å². The SMILES string of the molecule is CCOC(=O)c1c(-c2ccccc2)cc(-c2ccc(C)cc2)[nH]c1=O. The summed E-state index contributed by atoms with van der Waals surface area (Å²) in [6, 6.07) is 19.1. The summed E-state index contributed by atoms with van der Waals surface area (Å²) in [6.07, 6.45) is 0. The Morgan fingerprint density at radius 2 is 1.68 bits per heavy atom. The van der Waals surface area contributed by atoms with E-state index in [0.29, 0.717) is 11.3 Å². The van der Waals surface area contributed by atoms with Gasteiger partial charge in [0.25, 0.3) is 5.56 Å². The number of ether oxygens (including phenoxy) is 1. The first-order valence-electron chi connectivity index (χ1n) is 8.17. The van der Waals surface area contributed by atoms with Crippen LogP contribution in [-0.2, 0) is 4.74 Å². The number of esters is 1. The van der Waals surface area contributed by atoms with Gasteiger partial charge in [0, 0.05) is 11.3 Å². The van der Waals surface area contributed by atoms with Crippen LogP contribution in [0.2, 0.25) is 0 Å². The van der Waals surface area contributed by atoms with E-state index >= 15 is 0 Å². The smallest absolute Gasteiger partial charge is 0.344 e. The van der Waals surface area contributed by atoms with Gasteiger partial charge in [-0.2, -0.15) is 0 Å². The molecule has 25 heavy (non-hydrogen) atoms. The van der Waals surface area contributed by atoms with E-state index < -0.39 is 11.5 Å². The summed E-state index contributed by atoms with van der Waals surface area (Å²) in [5.74, 6) is -0.613. The zero-order valence-electron chi connectivity index (χ0n) is 14.2. The normalized spacial score (nSPS) is 10.5. The molecule has 126 valence electrons. The van der Waals surface area contributed by atoms with Crippen LogP contribution in [0.15, 0.2) is 65.5 Å². The Kier molecular flexibility index (Phi) is 4.80. The topological polar surface area (TPSA) is 59.2 Å². The number of aromatic amines is 1. The second-order valence-electron chi connectivity index (χ2n) is 5.75. The van der Waals surface area contributed by atoms with Crippen LogP contribution in [0.25, 0.3) is 22.4 Å². The molecule has 0 amide bonds. The van der Waals surface area contributed by atoms with Crippen molar-refractivity contribution in [1.29, 1.82) is 0 Å². The third-order valence-electron chi connectivity index (χ3n) is 3.96. The Balaban J connectivity index is 2.22. The first-order valence-corrected chi connectivity index (χ1v) is 8.17. The summed E-state index contributed by atoms with van der Waals surface area (Å²) >= 11 is 0. The van der Waals surface area contributed by atoms with Crippen LogP contribution in [-0.4, -0.2) is 17.6 Å². The standard InChI is InChI=1S/C21H19NO3/c1-3-25-21(24)19-17(15-7-5-4-6-8-15)13-18(22-20(19)23)16-11-9-14(2)10-12-16/h4-13H,3H2,1-2H3,(H,22,23). The monoisotopic (exact) mass is 333 g/mol. The summed E-state index contributed by atoms with van der Waals surface area (Å²) in [4.78, 5) is 27.7. The summed E-state index contributed by atoms with van der Waals surface area (Å²) in [7, 11) is 0. The molecule has 3 aromatic rings. The lowest BCUT2D eigenvalue weighted by atomic mass is 9.98. The summed E-state index contributed by atoms with van der Waals surface area (Å²) in [6.45, 7) is 3.94. The van der Waals surface area contributed by atoms with E-state index in [-0.39, 0.29) is 12.2 Å². The second kappa shape index (κ2) is 7.18. The molecule has 4 nitrogen and oxygen atoms in total. The zero-order chi connectivity index (χ0) is 17.8. The van der Waals surface area contributed by atoms with Crippen LogP contribution in [0.5, 0.6) is 0 Å². The quantitative estimate of drug-likeness (QED) is 0.728. The van der Waals surface area contributed by atoms with Gasteiger partial charge in [0.15, 0.2) is 0 Å². The number of carbonyl (C=O) groups excluding carboxylic acids is 1. The van der Waals surface area contributed by atoms with Gasteiger partial charge in [-0.15, -0.1) is 0 Å². The third-order valence-corrected chi connectivity index (χ3v) is 3.96. The summed E-state index contributed by atoms with van der Waals surface area (Å²) in [5.41, 5.74) is 3.63. The lowest BCUT2D eigenvalue weighted by Crippen LogP contribution is -2.21. The van der Waals surface area contributed by atoms with Crippen molar-refractivity contribution in [1.82, 2.24) is 4.98 Å². The predicted molar refractivity (Wildman–Crippen MR) is 98.6 cm³/mol. The lowest BCUT2D eigenvalue weighted by molar-refractivity contribution is 0.0525. The minimum absolute atomic E-state index is 0.0314. The van der Waals surface area contributed by atoms with Gasteiger partial charge >= 0.3 is 5.97 Å². The van der Waals surface area contributed by atoms with Gasteiger partial charge in [-0.1, -0.05) is 60.2 Å². The van der Waals surface area contributed by atoms with Crippen molar-refractivity contribution >= 4 is 5.97 Å². The molecule has 0 spiro atoms. The van der Waals surface area contributed by atoms with E-state index in [9.17, 15) is 9.59 Å². The Labute approximate surface area is 146 Å². The van der Waals surface area contributed by atoms with Crippen molar-refractivity contribution < 1.29 is 9.53 Å². The zero-order valence-corrected chi connectivity index (χ0v) is 14.2. The maximum Gasteiger partial charge on any atom is 0.344 e. The molecule has 1 heterocycles. The molecule has 4 heteroatoms.